The van der Waals surface area contributed by atoms with Gasteiger partial charge in [-0.1, -0.05) is 119 Å². The van der Waals surface area contributed by atoms with E-state index in [2.05, 4.69) is 16.8 Å². The van der Waals surface area contributed by atoms with Crippen LogP contribution in [0.15, 0.2) is 73.1 Å². The van der Waals surface area contributed by atoms with Gasteiger partial charge in [-0.3, -0.25) is 4.79 Å². The predicted octanol–water partition coefficient (Wildman–Crippen LogP) is 5.94. The number of para-hydroxylation sites is 1. The van der Waals surface area contributed by atoms with E-state index in [-0.39, 0.29) is 29.3 Å². The van der Waals surface area contributed by atoms with Crippen molar-refractivity contribution in [1.82, 2.24) is 0 Å². The summed E-state index contributed by atoms with van der Waals surface area (Å²) in [6.45, 7) is 3.61. The lowest BCUT2D eigenvalue weighted by molar-refractivity contribution is -0.688. The zero-order valence-electron chi connectivity index (χ0n) is 24.1. The molecule has 1 N–H and O–H groups in total. The van der Waals surface area contributed by atoms with Crippen LogP contribution in [-0.2, 0) is 17.8 Å². The van der Waals surface area contributed by atoms with Crippen LogP contribution in [-0.4, -0.2) is 12.5 Å². The first kappa shape index (κ1) is 33.8. The van der Waals surface area contributed by atoms with E-state index in [1.807, 2.05) is 73.1 Å². The molecule has 0 saturated heterocycles. The Labute approximate surface area is 257 Å². The third kappa shape index (κ3) is 13.3. The monoisotopic (exact) mass is 628 g/mol. The molecule has 0 atom stereocenters. The van der Waals surface area contributed by atoms with Crippen LogP contribution in [0.25, 0.3) is 0 Å². The lowest BCUT2D eigenvalue weighted by atomic mass is 10.1. The number of benzene rings is 2. The molecule has 0 aliphatic carbocycles. The Morgan fingerprint density at radius 1 is 0.800 bits per heavy atom. The van der Waals surface area contributed by atoms with Crippen molar-refractivity contribution in [3.63, 3.8) is 0 Å². The lowest BCUT2D eigenvalue weighted by Gasteiger charge is -2.12. The molecule has 0 bridgehead atoms. The summed E-state index contributed by atoms with van der Waals surface area (Å²) >= 11 is 6.38. The van der Waals surface area contributed by atoms with Crippen molar-refractivity contribution in [2.75, 3.05) is 11.9 Å². The van der Waals surface area contributed by atoms with E-state index in [0.29, 0.717) is 23.9 Å². The topological polar surface area (TPSA) is 42.2 Å². The maximum atomic E-state index is 12.9. The average molecular weight is 630 g/mol. The predicted molar refractivity (Wildman–Crippen MR) is 163 cm³/mol. The summed E-state index contributed by atoms with van der Waals surface area (Å²) < 4.78 is 8.08. The van der Waals surface area contributed by atoms with Crippen molar-refractivity contribution in [3.8, 4) is 5.75 Å². The highest BCUT2D eigenvalue weighted by atomic mass is 79.9. The number of unbranched alkanes of at least 4 members (excludes halogenated alkanes) is 11. The van der Waals surface area contributed by atoms with Gasteiger partial charge >= 0.3 is 0 Å². The summed E-state index contributed by atoms with van der Waals surface area (Å²) in [4.78, 5) is 12.9. The highest BCUT2D eigenvalue weighted by Gasteiger charge is 2.12. The summed E-state index contributed by atoms with van der Waals surface area (Å²) in [5.74, 6) is 0.598. The average Bonchev–Trinajstić information content (AvgIpc) is 2.94. The Balaban J connectivity index is 0.00000560. The van der Waals surface area contributed by atoms with Gasteiger partial charge in [-0.2, -0.15) is 0 Å². The summed E-state index contributed by atoms with van der Waals surface area (Å²) in [6.07, 6.45) is 20.1. The Bertz CT molecular complexity index is 1110. The minimum atomic E-state index is -0.0604. The quantitative estimate of drug-likeness (QED) is 0.132. The molecule has 40 heavy (non-hydrogen) atoms. The number of anilines is 1. The molecule has 0 aliphatic heterocycles. The first-order chi connectivity index (χ1) is 19.2. The van der Waals surface area contributed by atoms with Gasteiger partial charge in [0.2, 0.25) is 5.91 Å². The van der Waals surface area contributed by atoms with Crippen molar-refractivity contribution in [3.05, 3.63) is 89.2 Å². The van der Waals surface area contributed by atoms with E-state index in [1.165, 1.54) is 70.6 Å². The van der Waals surface area contributed by atoms with Gasteiger partial charge in [-0.25, -0.2) is 4.57 Å². The summed E-state index contributed by atoms with van der Waals surface area (Å²) in [7, 11) is 0. The van der Waals surface area contributed by atoms with Crippen LogP contribution in [0.3, 0.4) is 0 Å². The molecule has 0 unspecified atom stereocenters. The van der Waals surface area contributed by atoms with Crippen molar-refractivity contribution in [1.29, 1.82) is 0 Å². The zero-order chi connectivity index (χ0) is 27.5. The number of nitrogens with one attached hydrogen (secondary N) is 1. The highest BCUT2D eigenvalue weighted by molar-refractivity contribution is 6.32. The number of carbonyl (C=O) groups is 1. The van der Waals surface area contributed by atoms with E-state index >= 15 is 0 Å². The zero-order valence-corrected chi connectivity index (χ0v) is 26.4. The van der Waals surface area contributed by atoms with Gasteiger partial charge in [0, 0.05) is 17.7 Å². The lowest BCUT2D eigenvalue weighted by Crippen LogP contribution is -3.00. The fourth-order valence-corrected chi connectivity index (χ4v) is 4.96. The smallest absolute Gasteiger partial charge is 0.228 e. The molecular formula is C34H46BrClN2O2. The van der Waals surface area contributed by atoms with E-state index in [4.69, 9.17) is 16.3 Å². The van der Waals surface area contributed by atoms with Gasteiger partial charge in [0.15, 0.2) is 18.9 Å². The second kappa shape index (κ2) is 20.5. The number of ether oxygens (including phenoxy) is 1. The number of carbonyl (C=O) groups excluding carboxylic acids is 1. The number of amides is 1. The second-order valence-corrected chi connectivity index (χ2v) is 10.8. The van der Waals surface area contributed by atoms with Gasteiger partial charge in [-0.15, -0.1) is 0 Å². The molecule has 218 valence electrons. The molecule has 1 amide bonds. The summed E-state index contributed by atoms with van der Waals surface area (Å²) in [6, 6.07) is 19.5. The molecule has 2 aromatic carbocycles. The summed E-state index contributed by atoms with van der Waals surface area (Å²) in [5.41, 5.74) is 2.78. The fraction of sp³-hybridized carbons (Fsp3) is 0.471. The molecule has 1 heterocycles. The van der Waals surface area contributed by atoms with Crippen molar-refractivity contribution in [2.24, 2.45) is 0 Å². The van der Waals surface area contributed by atoms with E-state index in [0.717, 1.165) is 23.2 Å². The first-order valence-electron chi connectivity index (χ1n) is 14.9. The number of pyridine rings is 1. The second-order valence-electron chi connectivity index (χ2n) is 10.4. The standard InChI is InChI=1S/C34H45ClN2O2.BrH/c1-2-3-4-5-6-7-8-9-10-11-12-18-25-39-33-26-29(21-22-31(33)35)27-34(38)36-32-20-15-14-19-30(32)28-37-23-16-13-17-24-37;/h13-17,19-24,26H,2-12,18,25,27-28H2,1H3;1H. The van der Waals surface area contributed by atoms with Crippen molar-refractivity contribution >= 4 is 23.2 Å². The third-order valence-electron chi connectivity index (χ3n) is 7.04. The summed E-state index contributed by atoms with van der Waals surface area (Å²) in [5, 5.41) is 3.67. The van der Waals surface area contributed by atoms with Crippen LogP contribution < -0.4 is 31.6 Å². The molecule has 3 rings (SSSR count). The largest absolute Gasteiger partial charge is 1.00 e. The highest BCUT2D eigenvalue weighted by Crippen LogP contribution is 2.26. The Kier molecular flexibility index (Phi) is 17.3. The molecule has 0 aliphatic rings. The normalized spacial score (nSPS) is 10.7. The van der Waals surface area contributed by atoms with Crippen molar-refractivity contribution < 1.29 is 31.1 Å². The molecule has 1 aromatic heterocycles. The fourth-order valence-electron chi connectivity index (χ4n) is 4.79. The molecule has 3 aromatic rings. The van der Waals surface area contributed by atoms with Gasteiger partial charge in [0.25, 0.3) is 0 Å². The van der Waals surface area contributed by atoms with E-state index < -0.39 is 0 Å². The van der Waals surface area contributed by atoms with Crippen LogP contribution in [0, 0.1) is 0 Å². The number of nitrogens with zero attached hydrogens (tertiary/aromatic N) is 1. The molecule has 0 fully saturated rings. The Morgan fingerprint density at radius 3 is 2.10 bits per heavy atom. The van der Waals surface area contributed by atoms with Gasteiger partial charge < -0.3 is 27.0 Å². The SMILES string of the molecule is CCCCCCCCCCCCCCOc1cc(CC(=O)Nc2ccccc2C[n+]2ccccc2)ccc1Cl.[Br-]. The number of aromatic nitrogens is 1. The van der Waals surface area contributed by atoms with E-state index in [9.17, 15) is 4.79 Å². The maximum absolute atomic E-state index is 12.9. The third-order valence-corrected chi connectivity index (χ3v) is 7.35. The van der Waals surface area contributed by atoms with Gasteiger partial charge in [0.1, 0.15) is 5.75 Å². The molecule has 0 spiro atoms. The molecule has 6 heteroatoms. The van der Waals surface area contributed by atoms with Crippen LogP contribution in [0.4, 0.5) is 5.69 Å². The number of hydrogen-bond acceptors (Lipinski definition) is 2. The Hall–Kier alpha value is -2.37. The number of hydrogen-bond donors (Lipinski definition) is 1. The minimum absolute atomic E-state index is 0. The van der Waals surface area contributed by atoms with Gasteiger partial charge in [-0.05, 0) is 30.2 Å². The first-order valence-corrected chi connectivity index (χ1v) is 15.3. The van der Waals surface area contributed by atoms with Crippen LogP contribution in [0.1, 0.15) is 95.1 Å². The van der Waals surface area contributed by atoms with Crippen molar-refractivity contribution in [2.45, 2.75) is 96.9 Å². The molecule has 0 saturated carbocycles. The molecular weight excluding hydrogens is 584 g/mol. The minimum Gasteiger partial charge on any atom is -1.00 e. The maximum Gasteiger partial charge on any atom is 0.228 e. The van der Waals surface area contributed by atoms with Crippen LogP contribution in [0.5, 0.6) is 5.75 Å². The molecule has 0 radical (unpaired) electrons. The molecule has 4 nitrogen and oxygen atoms in total. The van der Waals surface area contributed by atoms with Gasteiger partial charge in [0.05, 0.1) is 23.7 Å². The number of rotatable bonds is 19. The van der Waals surface area contributed by atoms with E-state index in [1.54, 1.807) is 0 Å². The van der Waals surface area contributed by atoms with Crippen LogP contribution in [0.2, 0.25) is 5.02 Å². The van der Waals surface area contributed by atoms with Crippen LogP contribution >= 0.6 is 11.6 Å². The Morgan fingerprint density at radius 2 is 1.43 bits per heavy atom. The number of halogens is 2.